The van der Waals surface area contributed by atoms with Crippen LogP contribution < -0.4 is 20.5 Å². The molecule has 0 heterocycles. The second kappa shape index (κ2) is 9.11. The third-order valence-corrected chi connectivity index (χ3v) is 3.37. The van der Waals surface area contributed by atoms with Crippen molar-refractivity contribution in [1.82, 2.24) is 5.32 Å². The van der Waals surface area contributed by atoms with Crippen LogP contribution in [-0.4, -0.2) is 36.0 Å². The lowest BCUT2D eigenvalue weighted by atomic mass is 10.3. The van der Waals surface area contributed by atoms with E-state index in [1.807, 2.05) is 0 Å². The zero-order valence-corrected chi connectivity index (χ0v) is 15.0. The van der Waals surface area contributed by atoms with Crippen molar-refractivity contribution in [2.24, 2.45) is 5.73 Å². The first-order valence-electron chi connectivity index (χ1n) is 6.05. The van der Waals surface area contributed by atoms with E-state index in [1.54, 1.807) is 0 Å². The highest BCUT2D eigenvalue weighted by molar-refractivity contribution is 6.76. The van der Waals surface area contributed by atoms with Crippen molar-refractivity contribution >= 4 is 63.9 Å². The van der Waals surface area contributed by atoms with E-state index < -0.39 is 9.70 Å². The summed E-state index contributed by atoms with van der Waals surface area (Å²) in [5, 5.41) is 3.03. The molecule has 22 heavy (non-hydrogen) atoms. The molecule has 0 aliphatic carbocycles. The number of benzene rings is 1. The van der Waals surface area contributed by atoms with E-state index in [-0.39, 0.29) is 13.2 Å². The maximum atomic E-state index is 11.3. The van der Waals surface area contributed by atoms with Crippen LogP contribution in [-0.2, 0) is 4.79 Å². The Morgan fingerprint density at radius 2 is 1.59 bits per heavy atom. The van der Waals surface area contributed by atoms with Gasteiger partial charge in [-0.1, -0.05) is 58.0 Å². The monoisotopic (exact) mass is 408 g/mol. The Morgan fingerprint density at radius 3 is 2.05 bits per heavy atom. The molecule has 0 saturated heterocycles. The first-order valence-corrected chi connectivity index (χ1v) is 7.94. The molecule has 124 valence electrons. The number of carbonyl (C=O) groups excluding carboxylic acids is 1. The molecule has 0 atom stereocenters. The van der Waals surface area contributed by atoms with Crippen LogP contribution in [0.4, 0.5) is 0 Å². The highest BCUT2D eigenvalue weighted by Crippen LogP contribution is 2.35. The summed E-state index contributed by atoms with van der Waals surface area (Å²) in [5.74, 6) is 0.0135. The lowest BCUT2D eigenvalue weighted by Gasteiger charge is -2.14. The van der Waals surface area contributed by atoms with Gasteiger partial charge in [0.2, 0.25) is 0 Å². The Balaban J connectivity index is 2.53. The van der Waals surface area contributed by atoms with Gasteiger partial charge in [-0.2, -0.15) is 0 Å². The summed E-state index contributed by atoms with van der Waals surface area (Å²) in [7, 11) is 0. The number of alkyl halides is 3. The molecule has 0 aliphatic rings. The smallest absolute Gasteiger partial charge is 0.272 e. The normalized spacial score (nSPS) is 11.2. The van der Waals surface area contributed by atoms with Gasteiger partial charge in [0.25, 0.3) is 9.70 Å². The lowest BCUT2D eigenvalue weighted by molar-refractivity contribution is -0.120. The minimum atomic E-state index is -2.01. The minimum absolute atomic E-state index is 0.117. The van der Waals surface area contributed by atoms with Gasteiger partial charge in [0, 0.05) is 18.7 Å². The Hall–Kier alpha value is -0.300. The summed E-state index contributed by atoms with van der Waals surface area (Å²) in [6.07, 6.45) is 0. The number of hydrogen-bond acceptors (Lipinski definition) is 4. The fourth-order valence-corrected chi connectivity index (χ4v) is 1.94. The Morgan fingerprint density at radius 1 is 1.09 bits per heavy atom. The highest BCUT2D eigenvalue weighted by Gasteiger charge is 2.29. The Kier molecular flexibility index (Phi) is 8.17. The number of ether oxygens (including phenoxy) is 2. The summed E-state index contributed by atoms with van der Waals surface area (Å²) in [6.45, 7) is 0.923. The van der Waals surface area contributed by atoms with Crippen molar-refractivity contribution in [1.29, 1.82) is 0 Å². The molecule has 0 saturated carbocycles. The summed E-state index contributed by atoms with van der Waals surface area (Å²) < 4.78 is 8.71. The van der Waals surface area contributed by atoms with Crippen LogP contribution in [0.3, 0.4) is 0 Å². The molecule has 0 fully saturated rings. The predicted molar refractivity (Wildman–Crippen MR) is 89.8 cm³/mol. The molecule has 0 radical (unpaired) electrons. The fraction of sp³-hybridized carbons (Fsp3) is 0.417. The first kappa shape index (κ1) is 19.7. The highest BCUT2D eigenvalue weighted by atomic mass is 35.6. The van der Waals surface area contributed by atoms with Crippen molar-refractivity contribution in [2.45, 2.75) is 3.79 Å². The van der Waals surface area contributed by atoms with E-state index >= 15 is 0 Å². The average Bonchev–Trinajstić information content (AvgIpc) is 2.43. The van der Waals surface area contributed by atoms with Gasteiger partial charge in [0.15, 0.2) is 0 Å². The zero-order valence-electron chi connectivity index (χ0n) is 11.2. The number of halogens is 5. The molecule has 10 heteroatoms. The van der Waals surface area contributed by atoms with Crippen molar-refractivity contribution in [3.8, 4) is 11.5 Å². The summed E-state index contributed by atoms with van der Waals surface area (Å²) >= 11 is 28.3. The molecular formula is C12H13Cl5N2O3. The Labute approximate surface area is 152 Å². The van der Waals surface area contributed by atoms with E-state index in [4.69, 9.17) is 73.2 Å². The van der Waals surface area contributed by atoms with Crippen molar-refractivity contribution in [3.63, 3.8) is 0 Å². The standard InChI is InChI=1S/C12H13Cl5N2O3/c13-7-6-10(8(14)5-9(7)21-3-1-18)22-4-2-19-11(20)12(15,16)17/h5-6H,1-4,18H2,(H,19,20). The van der Waals surface area contributed by atoms with E-state index in [9.17, 15) is 4.79 Å². The molecule has 0 unspecified atom stereocenters. The average molecular weight is 411 g/mol. The van der Waals surface area contributed by atoms with Crippen LogP contribution in [0.1, 0.15) is 0 Å². The zero-order chi connectivity index (χ0) is 16.8. The molecule has 0 aliphatic heterocycles. The maximum absolute atomic E-state index is 11.3. The van der Waals surface area contributed by atoms with Crippen molar-refractivity contribution in [2.75, 3.05) is 26.3 Å². The number of amides is 1. The van der Waals surface area contributed by atoms with Gasteiger partial charge >= 0.3 is 0 Å². The molecule has 0 aromatic heterocycles. The van der Waals surface area contributed by atoms with E-state index in [0.29, 0.717) is 34.7 Å². The minimum Gasteiger partial charge on any atom is -0.491 e. The van der Waals surface area contributed by atoms with Crippen LogP contribution in [0, 0.1) is 0 Å². The second-order valence-corrected chi connectivity index (χ2v) is 7.05. The van der Waals surface area contributed by atoms with Crippen molar-refractivity contribution < 1.29 is 14.3 Å². The first-order chi connectivity index (χ1) is 10.3. The summed E-state index contributed by atoms with van der Waals surface area (Å²) in [6, 6.07) is 3.03. The molecular weight excluding hydrogens is 397 g/mol. The van der Waals surface area contributed by atoms with Crippen LogP contribution in [0.25, 0.3) is 0 Å². The van der Waals surface area contributed by atoms with Gasteiger partial charge in [-0.3, -0.25) is 4.79 Å². The molecule has 1 aromatic carbocycles. The molecule has 1 rings (SSSR count). The largest absolute Gasteiger partial charge is 0.491 e. The molecule has 1 amide bonds. The van der Waals surface area contributed by atoms with E-state index in [1.165, 1.54) is 12.1 Å². The lowest BCUT2D eigenvalue weighted by Crippen LogP contribution is -2.36. The molecule has 1 aromatic rings. The number of hydrogen-bond donors (Lipinski definition) is 2. The maximum Gasteiger partial charge on any atom is 0.272 e. The number of nitrogens with two attached hydrogens (primary N) is 1. The SMILES string of the molecule is NCCOc1cc(Cl)c(OCCNC(=O)C(Cl)(Cl)Cl)cc1Cl. The van der Waals surface area contributed by atoms with Gasteiger partial charge in [-0.15, -0.1) is 0 Å². The van der Waals surface area contributed by atoms with Crippen molar-refractivity contribution in [3.05, 3.63) is 22.2 Å². The molecule has 3 N–H and O–H groups in total. The van der Waals surface area contributed by atoms with Gasteiger partial charge < -0.3 is 20.5 Å². The second-order valence-electron chi connectivity index (χ2n) is 3.95. The van der Waals surface area contributed by atoms with Crippen LogP contribution >= 0.6 is 58.0 Å². The predicted octanol–water partition coefficient (Wildman–Crippen LogP) is 3.20. The third kappa shape index (κ3) is 6.44. The van der Waals surface area contributed by atoms with Gasteiger partial charge in [0.05, 0.1) is 16.6 Å². The Bertz CT molecular complexity index is 522. The summed E-state index contributed by atoms with van der Waals surface area (Å²) in [5.41, 5.74) is 5.34. The van der Waals surface area contributed by atoms with Crippen LogP contribution in [0.5, 0.6) is 11.5 Å². The van der Waals surface area contributed by atoms with Gasteiger partial charge in [-0.05, 0) is 0 Å². The molecule has 0 spiro atoms. The van der Waals surface area contributed by atoms with Gasteiger partial charge in [-0.25, -0.2) is 0 Å². The quantitative estimate of drug-likeness (QED) is 0.535. The molecule has 0 bridgehead atoms. The van der Waals surface area contributed by atoms with E-state index in [2.05, 4.69) is 5.32 Å². The van der Waals surface area contributed by atoms with Crippen LogP contribution in [0.15, 0.2) is 12.1 Å². The third-order valence-electron chi connectivity index (χ3n) is 2.26. The molecule has 5 nitrogen and oxygen atoms in total. The van der Waals surface area contributed by atoms with Crippen LogP contribution in [0.2, 0.25) is 10.0 Å². The number of nitrogens with one attached hydrogen (secondary N) is 1. The van der Waals surface area contributed by atoms with E-state index in [0.717, 1.165) is 0 Å². The topological polar surface area (TPSA) is 73.6 Å². The number of carbonyl (C=O) groups is 1. The number of rotatable bonds is 7. The van der Waals surface area contributed by atoms with Gasteiger partial charge in [0.1, 0.15) is 24.7 Å². The fourth-order valence-electron chi connectivity index (χ4n) is 1.33. The summed E-state index contributed by atoms with van der Waals surface area (Å²) in [4.78, 5) is 11.3.